The molecule has 1 aromatic carbocycles. The van der Waals surface area contributed by atoms with Gasteiger partial charge in [0.05, 0.1) is 31.5 Å². The lowest BCUT2D eigenvalue weighted by Gasteiger charge is -2.35. The number of aliphatic carboxylic acids is 1. The van der Waals surface area contributed by atoms with Crippen LogP contribution in [0.1, 0.15) is 5.56 Å². The maximum atomic E-state index is 10.6. The minimum atomic E-state index is -5.08. The van der Waals surface area contributed by atoms with Crippen molar-refractivity contribution in [1.29, 1.82) is 0 Å². The number of anilines is 1. The second kappa shape index (κ2) is 10.7. The Bertz CT molecular complexity index is 1300. The van der Waals surface area contributed by atoms with Crippen LogP contribution >= 0.6 is 0 Å². The van der Waals surface area contributed by atoms with E-state index in [9.17, 15) is 13.2 Å². The van der Waals surface area contributed by atoms with Crippen LogP contribution in [0.5, 0.6) is 5.75 Å². The van der Waals surface area contributed by atoms with E-state index in [1.165, 1.54) is 5.56 Å². The van der Waals surface area contributed by atoms with Gasteiger partial charge < -0.3 is 19.2 Å². The van der Waals surface area contributed by atoms with Crippen LogP contribution in [-0.2, 0) is 11.3 Å². The molecule has 0 saturated carbocycles. The van der Waals surface area contributed by atoms with E-state index in [1.807, 2.05) is 49.1 Å². The molecule has 36 heavy (non-hydrogen) atoms. The van der Waals surface area contributed by atoms with Gasteiger partial charge in [-0.1, -0.05) is 12.1 Å². The number of furan rings is 1. The molecule has 1 fully saturated rings. The molecule has 0 radical (unpaired) electrons. The summed E-state index contributed by atoms with van der Waals surface area (Å²) in [5.74, 6) is -0.988. The Morgan fingerprint density at radius 3 is 2.56 bits per heavy atom. The van der Waals surface area contributed by atoms with Gasteiger partial charge in [-0.3, -0.25) is 9.30 Å². The molecule has 12 heteroatoms. The van der Waals surface area contributed by atoms with E-state index in [-0.39, 0.29) is 0 Å². The lowest BCUT2D eigenvalue weighted by atomic mass is 10.1. The number of hydrogen-bond donors (Lipinski definition) is 1. The quantitative estimate of drug-likeness (QED) is 0.437. The number of carboxylic acid groups (broad SMARTS) is 1. The second-order valence-electron chi connectivity index (χ2n) is 8.02. The summed E-state index contributed by atoms with van der Waals surface area (Å²) in [5, 5.41) is 7.12. The van der Waals surface area contributed by atoms with Crippen molar-refractivity contribution in [2.75, 3.05) is 38.2 Å². The molecule has 0 atom stereocenters. The highest BCUT2D eigenvalue weighted by Crippen LogP contribution is 2.28. The number of alkyl halides is 3. The van der Waals surface area contributed by atoms with E-state index in [0.29, 0.717) is 0 Å². The normalized spacial score (nSPS) is 14.4. The van der Waals surface area contributed by atoms with Crippen LogP contribution in [0.25, 0.3) is 16.9 Å². The monoisotopic (exact) mass is 503 g/mol. The minimum absolute atomic E-state index is 0.834. The van der Waals surface area contributed by atoms with Crippen molar-refractivity contribution in [2.45, 2.75) is 12.7 Å². The molecular weight excluding hydrogens is 479 g/mol. The van der Waals surface area contributed by atoms with Gasteiger partial charge >= 0.3 is 12.1 Å². The van der Waals surface area contributed by atoms with E-state index in [2.05, 4.69) is 25.3 Å². The summed E-state index contributed by atoms with van der Waals surface area (Å²) in [6.45, 7) is 4.73. The van der Waals surface area contributed by atoms with Gasteiger partial charge in [-0.05, 0) is 18.2 Å². The van der Waals surface area contributed by atoms with Crippen LogP contribution in [0.15, 0.2) is 65.9 Å². The summed E-state index contributed by atoms with van der Waals surface area (Å²) in [5.41, 5.74) is 4.20. The number of hydrogen-bond acceptors (Lipinski definition) is 7. The molecule has 9 nitrogen and oxygen atoms in total. The number of halogens is 3. The average molecular weight is 503 g/mol. The highest BCUT2D eigenvalue weighted by atomic mass is 19.4. The number of benzene rings is 1. The fourth-order valence-electron chi connectivity index (χ4n) is 3.88. The molecule has 1 N–H and O–H groups in total. The van der Waals surface area contributed by atoms with Gasteiger partial charge in [-0.2, -0.15) is 13.2 Å². The fraction of sp³-hybridized carbons (Fsp3) is 0.292. The zero-order valence-corrected chi connectivity index (χ0v) is 19.4. The first kappa shape index (κ1) is 25.0. The van der Waals surface area contributed by atoms with Gasteiger partial charge in [0, 0.05) is 56.2 Å². The number of nitrogens with zero attached hydrogens (tertiary/aromatic N) is 5. The lowest BCUT2D eigenvalue weighted by molar-refractivity contribution is -0.192. The van der Waals surface area contributed by atoms with E-state index >= 15 is 0 Å². The molecule has 0 aliphatic carbocycles. The predicted molar refractivity (Wildman–Crippen MR) is 125 cm³/mol. The lowest BCUT2D eigenvalue weighted by Crippen LogP contribution is -2.46. The van der Waals surface area contributed by atoms with Crippen molar-refractivity contribution in [3.05, 3.63) is 67.0 Å². The molecule has 5 rings (SSSR count). The Morgan fingerprint density at radius 1 is 1.17 bits per heavy atom. The van der Waals surface area contributed by atoms with Gasteiger partial charge in [-0.25, -0.2) is 14.8 Å². The molecule has 1 aliphatic rings. The third-order valence-corrected chi connectivity index (χ3v) is 5.68. The van der Waals surface area contributed by atoms with Gasteiger partial charge in [0.1, 0.15) is 5.75 Å². The molecule has 3 aromatic heterocycles. The number of fused-ring (bicyclic) bond motifs is 1. The minimum Gasteiger partial charge on any atom is -0.497 e. The standard InChI is InChI=1S/C22H23N5O2.C2HF3O2/c1-28-19-4-2-3-18(13-19)20-14-24-22-21(23-6-7-27(20)22)26-10-8-25(9-11-26)15-17-5-12-29-16-17;3-2(4,5)1(6)7/h2-7,12-14,16H,8-11,15H2,1H3;(H,6,7). The maximum absolute atomic E-state index is 10.6. The Hall–Kier alpha value is -4.06. The topological polar surface area (TPSA) is 96.3 Å². The van der Waals surface area contributed by atoms with E-state index in [1.54, 1.807) is 13.4 Å². The third kappa shape index (κ3) is 5.77. The zero-order valence-electron chi connectivity index (χ0n) is 19.4. The van der Waals surface area contributed by atoms with Crippen LogP contribution in [0.3, 0.4) is 0 Å². The van der Waals surface area contributed by atoms with Crippen molar-refractivity contribution in [3.63, 3.8) is 0 Å². The van der Waals surface area contributed by atoms with E-state index in [4.69, 9.17) is 24.0 Å². The van der Waals surface area contributed by atoms with Gasteiger partial charge in [-0.15, -0.1) is 0 Å². The Labute approximate surface area is 204 Å². The van der Waals surface area contributed by atoms with Crippen molar-refractivity contribution in [2.24, 2.45) is 0 Å². The Balaban J connectivity index is 0.000000384. The van der Waals surface area contributed by atoms with E-state index in [0.717, 1.165) is 61.2 Å². The Morgan fingerprint density at radius 2 is 1.92 bits per heavy atom. The Kier molecular flexibility index (Phi) is 7.44. The SMILES string of the molecule is COc1cccc(-c2cnc3c(N4CCN(Cc5ccoc5)CC4)nccn23)c1.O=C(O)C(F)(F)F. The van der Waals surface area contributed by atoms with Crippen molar-refractivity contribution in [3.8, 4) is 17.0 Å². The molecule has 190 valence electrons. The summed E-state index contributed by atoms with van der Waals surface area (Å²) in [6.07, 6.45) is 4.19. The molecule has 1 aliphatic heterocycles. The van der Waals surface area contributed by atoms with Crippen LogP contribution in [0.4, 0.5) is 19.0 Å². The molecule has 1 saturated heterocycles. The highest BCUT2D eigenvalue weighted by molar-refractivity contribution is 5.73. The maximum Gasteiger partial charge on any atom is 0.490 e. The highest BCUT2D eigenvalue weighted by Gasteiger charge is 2.38. The number of imidazole rings is 1. The molecule has 0 bridgehead atoms. The fourth-order valence-corrected chi connectivity index (χ4v) is 3.88. The summed E-state index contributed by atoms with van der Waals surface area (Å²) in [4.78, 5) is 23.0. The van der Waals surface area contributed by atoms with Crippen LogP contribution in [0, 0.1) is 0 Å². The van der Waals surface area contributed by atoms with Gasteiger partial charge in [0.15, 0.2) is 11.5 Å². The first-order valence-corrected chi connectivity index (χ1v) is 11.0. The number of aromatic nitrogens is 3. The van der Waals surface area contributed by atoms with Crippen LogP contribution in [0.2, 0.25) is 0 Å². The molecule has 0 unspecified atom stereocenters. The number of methoxy groups -OCH3 is 1. The molecule has 0 spiro atoms. The van der Waals surface area contributed by atoms with Crippen molar-refractivity contribution in [1.82, 2.24) is 19.3 Å². The smallest absolute Gasteiger partial charge is 0.490 e. The third-order valence-electron chi connectivity index (χ3n) is 5.68. The second-order valence-corrected chi connectivity index (χ2v) is 8.02. The van der Waals surface area contributed by atoms with E-state index < -0.39 is 12.1 Å². The van der Waals surface area contributed by atoms with Crippen LogP contribution < -0.4 is 9.64 Å². The summed E-state index contributed by atoms with van der Waals surface area (Å²) < 4.78 is 44.4. The predicted octanol–water partition coefficient (Wildman–Crippen LogP) is 3.95. The average Bonchev–Trinajstić information content (AvgIpc) is 3.54. The number of piperazine rings is 1. The van der Waals surface area contributed by atoms with Gasteiger partial charge in [0.2, 0.25) is 0 Å². The van der Waals surface area contributed by atoms with Crippen molar-refractivity contribution >= 4 is 17.4 Å². The molecule has 0 amide bonds. The number of carboxylic acids is 1. The summed E-state index contributed by atoms with van der Waals surface area (Å²) in [7, 11) is 1.68. The molecule has 4 aromatic rings. The van der Waals surface area contributed by atoms with Crippen molar-refractivity contribution < 1.29 is 32.2 Å². The first-order valence-electron chi connectivity index (χ1n) is 11.0. The molecule has 4 heterocycles. The van der Waals surface area contributed by atoms with Gasteiger partial charge in [0.25, 0.3) is 0 Å². The number of rotatable bonds is 5. The number of carbonyl (C=O) groups is 1. The largest absolute Gasteiger partial charge is 0.497 e. The summed E-state index contributed by atoms with van der Waals surface area (Å²) >= 11 is 0. The molecular formula is C24H24F3N5O4. The first-order chi connectivity index (χ1) is 17.3. The zero-order chi connectivity index (χ0) is 25.7. The number of ether oxygens (including phenoxy) is 1. The summed E-state index contributed by atoms with van der Waals surface area (Å²) in [6, 6.07) is 10.1. The van der Waals surface area contributed by atoms with Crippen LogP contribution in [-0.4, -0.2) is 69.8 Å².